The van der Waals surface area contributed by atoms with Gasteiger partial charge in [-0.2, -0.15) is 0 Å². The Morgan fingerprint density at radius 2 is 1.96 bits per heavy atom. The number of rotatable bonds is 5. The number of aliphatic hydroxyl groups is 1. The van der Waals surface area contributed by atoms with Crippen molar-refractivity contribution >= 4 is 22.2 Å². The van der Waals surface area contributed by atoms with Crippen molar-refractivity contribution in [3.8, 4) is 0 Å². The maximum absolute atomic E-state index is 9.64. The summed E-state index contributed by atoms with van der Waals surface area (Å²) >= 11 is 0. The molecule has 27 heavy (non-hydrogen) atoms. The van der Waals surface area contributed by atoms with Crippen molar-refractivity contribution in [1.29, 1.82) is 0 Å². The highest BCUT2D eigenvalue weighted by molar-refractivity contribution is 5.75. The number of hydrogen-bond donors (Lipinski definition) is 2. The van der Waals surface area contributed by atoms with E-state index in [4.69, 9.17) is 9.97 Å². The first-order valence-electron chi connectivity index (χ1n) is 9.40. The molecule has 4 aromatic rings. The molecule has 1 aliphatic rings. The van der Waals surface area contributed by atoms with Gasteiger partial charge in [0.05, 0.1) is 30.7 Å². The number of fused-ring (bicyclic) bond motifs is 2. The summed E-state index contributed by atoms with van der Waals surface area (Å²) in [5, 5.41) is 9.64. The van der Waals surface area contributed by atoms with Crippen LogP contribution >= 0.6 is 0 Å². The second kappa shape index (κ2) is 6.75. The summed E-state index contributed by atoms with van der Waals surface area (Å²) in [4.78, 5) is 19.8. The molecule has 0 saturated carbocycles. The van der Waals surface area contributed by atoms with Gasteiger partial charge in [0, 0.05) is 12.2 Å². The third-order valence-corrected chi connectivity index (χ3v) is 5.38. The second-order valence-corrected chi connectivity index (χ2v) is 7.11. The van der Waals surface area contributed by atoms with Crippen LogP contribution in [0.5, 0.6) is 0 Å². The Morgan fingerprint density at radius 3 is 2.85 bits per heavy atom. The van der Waals surface area contributed by atoms with Crippen LogP contribution in [0.15, 0.2) is 42.6 Å². The Kier molecular flexibility index (Phi) is 4.10. The zero-order valence-electron chi connectivity index (χ0n) is 15.0. The van der Waals surface area contributed by atoms with E-state index in [2.05, 4.69) is 19.4 Å². The highest BCUT2D eigenvalue weighted by Crippen LogP contribution is 2.22. The van der Waals surface area contributed by atoms with Gasteiger partial charge in [-0.05, 0) is 43.7 Å². The molecule has 0 spiro atoms. The number of likely N-dealkylation sites (tertiary alicyclic amines) is 1. The Bertz CT molecular complexity index is 1050. The van der Waals surface area contributed by atoms with Gasteiger partial charge in [0.2, 0.25) is 0 Å². The molecule has 5 rings (SSSR count). The van der Waals surface area contributed by atoms with Crippen molar-refractivity contribution in [3.63, 3.8) is 0 Å². The first-order chi connectivity index (χ1) is 13.3. The molecule has 1 fully saturated rings. The normalized spacial score (nSPS) is 18.0. The first-order valence-corrected chi connectivity index (χ1v) is 9.40. The van der Waals surface area contributed by atoms with Gasteiger partial charge in [0.15, 0.2) is 5.65 Å². The second-order valence-electron chi connectivity index (χ2n) is 7.11. The van der Waals surface area contributed by atoms with E-state index in [-0.39, 0.29) is 12.6 Å². The molecular weight excluding hydrogens is 340 g/mol. The average Bonchev–Trinajstić information content (AvgIpc) is 3.39. The van der Waals surface area contributed by atoms with Crippen LogP contribution in [-0.2, 0) is 13.1 Å². The van der Waals surface area contributed by atoms with Crippen molar-refractivity contribution < 1.29 is 5.11 Å². The van der Waals surface area contributed by atoms with E-state index >= 15 is 0 Å². The third kappa shape index (κ3) is 2.98. The maximum atomic E-state index is 9.64. The number of hydrogen-bond acceptors (Lipinski definition) is 5. The lowest BCUT2D eigenvalue weighted by Crippen LogP contribution is -2.32. The molecule has 1 unspecified atom stereocenters. The quantitative estimate of drug-likeness (QED) is 0.569. The van der Waals surface area contributed by atoms with E-state index in [0.717, 1.165) is 53.2 Å². The predicted octanol–water partition coefficient (Wildman–Crippen LogP) is 2.31. The molecule has 1 saturated heterocycles. The zero-order valence-corrected chi connectivity index (χ0v) is 15.0. The lowest BCUT2D eigenvalue weighted by Gasteiger charge is -2.22. The Balaban J connectivity index is 1.53. The Labute approximate surface area is 156 Å². The first kappa shape index (κ1) is 16.4. The number of pyridine rings is 1. The molecule has 1 aliphatic heterocycles. The molecule has 0 aliphatic carbocycles. The number of aromatic amines is 1. The summed E-state index contributed by atoms with van der Waals surface area (Å²) < 4.78 is 2.14. The maximum Gasteiger partial charge on any atom is 0.160 e. The Hall–Kier alpha value is -2.77. The van der Waals surface area contributed by atoms with Crippen LogP contribution < -0.4 is 0 Å². The molecule has 3 aromatic heterocycles. The third-order valence-electron chi connectivity index (χ3n) is 5.38. The van der Waals surface area contributed by atoms with Crippen molar-refractivity contribution in [2.24, 2.45) is 0 Å². The van der Waals surface area contributed by atoms with Gasteiger partial charge < -0.3 is 14.7 Å². The van der Waals surface area contributed by atoms with Crippen LogP contribution in [0, 0.1) is 0 Å². The number of benzene rings is 1. The number of aliphatic hydroxyl groups excluding tert-OH is 1. The van der Waals surface area contributed by atoms with Gasteiger partial charge in [-0.3, -0.25) is 4.90 Å². The average molecular weight is 362 g/mol. The molecule has 1 atom stereocenters. The zero-order chi connectivity index (χ0) is 18.2. The lowest BCUT2D eigenvalue weighted by molar-refractivity contribution is 0.150. The molecule has 0 radical (unpaired) electrons. The fraction of sp³-hybridized carbons (Fsp3) is 0.350. The molecule has 2 N–H and O–H groups in total. The number of para-hydroxylation sites is 2. The molecular formula is C20H22N6O. The molecule has 7 nitrogen and oxygen atoms in total. The monoisotopic (exact) mass is 362 g/mol. The van der Waals surface area contributed by atoms with E-state index in [9.17, 15) is 5.11 Å². The standard InChI is InChI=1S/C20H22N6O/c27-13-14-5-4-10-25(14)12-19-24-17-8-3-9-21-20(17)26(19)11-18-22-15-6-1-2-7-16(15)23-18/h1-3,6-9,14,27H,4-5,10-13H2,(H,22,23). The SMILES string of the molecule is OCC1CCCN1Cc1nc2cccnc2n1Cc1nc2ccccc2[nH]1. The smallest absolute Gasteiger partial charge is 0.160 e. The van der Waals surface area contributed by atoms with E-state index in [0.29, 0.717) is 13.1 Å². The van der Waals surface area contributed by atoms with E-state index < -0.39 is 0 Å². The minimum absolute atomic E-state index is 0.196. The minimum Gasteiger partial charge on any atom is -0.395 e. The number of nitrogens with one attached hydrogen (secondary N) is 1. The summed E-state index contributed by atoms with van der Waals surface area (Å²) in [6, 6.07) is 12.2. The highest BCUT2D eigenvalue weighted by atomic mass is 16.3. The number of imidazole rings is 2. The summed E-state index contributed by atoms with van der Waals surface area (Å²) in [5.74, 6) is 1.85. The van der Waals surface area contributed by atoms with Gasteiger partial charge in [0.25, 0.3) is 0 Å². The molecule has 4 heterocycles. The van der Waals surface area contributed by atoms with E-state index in [1.54, 1.807) is 6.20 Å². The number of aromatic nitrogens is 5. The molecule has 138 valence electrons. The van der Waals surface area contributed by atoms with Crippen LogP contribution in [0.2, 0.25) is 0 Å². The van der Waals surface area contributed by atoms with E-state index in [1.165, 1.54) is 0 Å². The number of H-pyrrole nitrogens is 1. The van der Waals surface area contributed by atoms with Crippen LogP contribution in [0.3, 0.4) is 0 Å². The van der Waals surface area contributed by atoms with Gasteiger partial charge in [-0.1, -0.05) is 12.1 Å². The number of nitrogens with zero attached hydrogens (tertiary/aromatic N) is 5. The van der Waals surface area contributed by atoms with Crippen molar-refractivity contribution in [3.05, 3.63) is 54.2 Å². The van der Waals surface area contributed by atoms with Crippen LogP contribution in [0.4, 0.5) is 0 Å². The molecule has 1 aromatic carbocycles. The highest BCUT2D eigenvalue weighted by Gasteiger charge is 2.26. The fourth-order valence-electron chi connectivity index (χ4n) is 4.01. The summed E-state index contributed by atoms with van der Waals surface area (Å²) in [6.45, 7) is 2.49. The molecule has 0 bridgehead atoms. The fourth-order valence-corrected chi connectivity index (χ4v) is 4.01. The summed E-state index contributed by atoms with van der Waals surface area (Å²) in [7, 11) is 0. The molecule has 7 heteroatoms. The minimum atomic E-state index is 0.196. The van der Waals surface area contributed by atoms with Crippen molar-refractivity contribution in [1.82, 2.24) is 29.4 Å². The van der Waals surface area contributed by atoms with Gasteiger partial charge in [-0.15, -0.1) is 0 Å². The summed E-state index contributed by atoms with van der Waals surface area (Å²) in [6.07, 6.45) is 3.96. The van der Waals surface area contributed by atoms with Crippen molar-refractivity contribution in [2.45, 2.75) is 32.0 Å². The largest absolute Gasteiger partial charge is 0.395 e. The Morgan fingerprint density at radius 1 is 1.07 bits per heavy atom. The van der Waals surface area contributed by atoms with Gasteiger partial charge in [0.1, 0.15) is 17.2 Å². The topological polar surface area (TPSA) is 82.9 Å². The van der Waals surface area contributed by atoms with Crippen molar-refractivity contribution in [2.75, 3.05) is 13.2 Å². The van der Waals surface area contributed by atoms with Gasteiger partial charge in [-0.25, -0.2) is 15.0 Å². The predicted molar refractivity (Wildman–Crippen MR) is 103 cm³/mol. The van der Waals surface area contributed by atoms with Crippen LogP contribution in [0.1, 0.15) is 24.5 Å². The summed E-state index contributed by atoms with van der Waals surface area (Å²) in [5.41, 5.74) is 3.76. The lowest BCUT2D eigenvalue weighted by atomic mass is 10.2. The molecule has 0 amide bonds. The van der Waals surface area contributed by atoms with Gasteiger partial charge >= 0.3 is 0 Å². The van der Waals surface area contributed by atoms with Crippen LogP contribution in [-0.4, -0.2) is 53.7 Å². The van der Waals surface area contributed by atoms with Crippen LogP contribution in [0.25, 0.3) is 22.2 Å². The van der Waals surface area contributed by atoms with E-state index in [1.807, 2.05) is 36.4 Å².